The monoisotopic (exact) mass is 397 g/mol. The summed E-state index contributed by atoms with van der Waals surface area (Å²) in [7, 11) is 0. The van der Waals surface area contributed by atoms with E-state index in [4.69, 9.17) is 9.47 Å². The number of rotatable bonds is 11. The van der Waals surface area contributed by atoms with E-state index >= 15 is 0 Å². The fraction of sp³-hybridized carbons (Fsp3) is 0.913. The molecule has 0 aromatic heterocycles. The zero-order valence-electron chi connectivity index (χ0n) is 19.6. The highest BCUT2D eigenvalue weighted by atomic mass is 16.5. The average Bonchev–Trinajstić information content (AvgIpc) is 2.94. The van der Waals surface area contributed by atoms with Gasteiger partial charge in [-0.1, -0.05) is 34.6 Å². The summed E-state index contributed by atoms with van der Waals surface area (Å²) in [6.45, 7) is 19.4. The maximum atomic E-state index is 13.1. The fourth-order valence-electron chi connectivity index (χ4n) is 3.61. The van der Waals surface area contributed by atoms with Gasteiger partial charge in [-0.2, -0.15) is 0 Å². The van der Waals surface area contributed by atoms with Gasteiger partial charge >= 0.3 is 0 Å². The fourth-order valence-corrected chi connectivity index (χ4v) is 3.61. The molecule has 1 amide bonds. The van der Waals surface area contributed by atoms with Crippen molar-refractivity contribution in [3.63, 3.8) is 0 Å². The summed E-state index contributed by atoms with van der Waals surface area (Å²) in [5, 5.41) is 0. The van der Waals surface area contributed by atoms with Crippen molar-refractivity contribution in [3.8, 4) is 0 Å². The van der Waals surface area contributed by atoms with Gasteiger partial charge in [-0.3, -0.25) is 9.59 Å². The Bertz CT molecular complexity index is 513. The van der Waals surface area contributed by atoms with Gasteiger partial charge in [0.2, 0.25) is 5.91 Å². The third-order valence-electron chi connectivity index (χ3n) is 5.87. The lowest BCUT2D eigenvalue weighted by Gasteiger charge is -2.33. The van der Waals surface area contributed by atoms with Gasteiger partial charge in [0.05, 0.1) is 31.0 Å². The molecule has 2 unspecified atom stereocenters. The highest BCUT2D eigenvalue weighted by Crippen LogP contribution is 2.35. The summed E-state index contributed by atoms with van der Waals surface area (Å²) >= 11 is 0. The molecular weight excluding hydrogens is 354 g/mol. The second-order valence-electron chi connectivity index (χ2n) is 10.0. The molecule has 0 radical (unpaired) electrons. The quantitative estimate of drug-likeness (QED) is 0.516. The Morgan fingerprint density at radius 2 is 1.64 bits per heavy atom. The lowest BCUT2D eigenvalue weighted by molar-refractivity contribution is -0.136. The van der Waals surface area contributed by atoms with Gasteiger partial charge in [0, 0.05) is 25.3 Å². The van der Waals surface area contributed by atoms with Crippen LogP contribution in [0.2, 0.25) is 0 Å². The van der Waals surface area contributed by atoms with E-state index < -0.39 is 0 Å². The summed E-state index contributed by atoms with van der Waals surface area (Å²) in [4.78, 5) is 27.3. The van der Waals surface area contributed by atoms with Crippen LogP contribution in [-0.4, -0.2) is 54.1 Å². The first kappa shape index (κ1) is 25.1. The molecule has 1 heterocycles. The van der Waals surface area contributed by atoms with E-state index in [1.165, 1.54) is 0 Å². The van der Waals surface area contributed by atoms with Crippen LogP contribution >= 0.6 is 0 Å². The van der Waals surface area contributed by atoms with E-state index in [0.717, 1.165) is 6.42 Å². The van der Waals surface area contributed by atoms with Gasteiger partial charge in [0.15, 0.2) is 0 Å². The molecule has 1 rings (SSSR count). The highest BCUT2D eigenvalue weighted by molar-refractivity contribution is 5.81. The van der Waals surface area contributed by atoms with Crippen LogP contribution in [0.25, 0.3) is 0 Å². The maximum Gasteiger partial charge on any atom is 0.223 e. The third-order valence-corrected chi connectivity index (χ3v) is 5.87. The minimum Gasteiger partial charge on any atom is -0.377 e. The van der Waals surface area contributed by atoms with Crippen molar-refractivity contribution in [2.24, 2.45) is 17.3 Å². The van der Waals surface area contributed by atoms with Crippen molar-refractivity contribution < 1.29 is 19.1 Å². The molecule has 1 fully saturated rings. The van der Waals surface area contributed by atoms with Crippen molar-refractivity contribution in [1.29, 1.82) is 0 Å². The molecule has 0 bridgehead atoms. The number of ketones is 1. The molecule has 0 aromatic carbocycles. The zero-order valence-corrected chi connectivity index (χ0v) is 19.6. The Morgan fingerprint density at radius 1 is 1.04 bits per heavy atom. The number of nitrogens with zero attached hydrogens (tertiary/aromatic N) is 1. The van der Waals surface area contributed by atoms with Crippen molar-refractivity contribution in [1.82, 2.24) is 4.90 Å². The summed E-state index contributed by atoms with van der Waals surface area (Å²) in [5.41, 5.74) is -0.200. The maximum absolute atomic E-state index is 13.1. The topological polar surface area (TPSA) is 55.8 Å². The summed E-state index contributed by atoms with van der Waals surface area (Å²) < 4.78 is 11.8. The van der Waals surface area contributed by atoms with Crippen molar-refractivity contribution in [2.75, 3.05) is 13.2 Å². The molecule has 28 heavy (non-hydrogen) atoms. The standard InChI is InChI=1S/C23H43NO4/c1-15(2)21(25)12-23(8,9)18(7)10-22(26)24-13-20(28-17(5)6)11-19(24)14-27-16(3)4/h15-20H,10-14H2,1-9H3/t18?,19?,20-/m1/s1. The van der Waals surface area contributed by atoms with Gasteiger partial charge in [0.25, 0.3) is 0 Å². The number of carbonyl (C=O) groups excluding carboxylic acids is 2. The highest BCUT2D eigenvalue weighted by Gasteiger charge is 2.38. The van der Waals surface area contributed by atoms with Gasteiger partial charge in [-0.25, -0.2) is 0 Å². The van der Waals surface area contributed by atoms with E-state index in [0.29, 0.717) is 26.0 Å². The second-order valence-corrected chi connectivity index (χ2v) is 10.0. The molecular formula is C23H43NO4. The van der Waals surface area contributed by atoms with E-state index in [1.807, 2.05) is 46.4 Å². The minimum absolute atomic E-state index is 0.0345. The number of hydrogen-bond acceptors (Lipinski definition) is 4. The predicted molar refractivity (Wildman–Crippen MR) is 113 cm³/mol. The van der Waals surface area contributed by atoms with Crippen molar-refractivity contribution in [2.45, 2.75) is 106 Å². The summed E-state index contributed by atoms with van der Waals surface area (Å²) in [6, 6.07) is 0.0614. The Morgan fingerprint density at radius 3 is 2.14 bits per heavy atom. The van der Waals surface area contributed by atoms with Crippen LogP contribution in [0.15, 0.2) is 0 Å². The number of carbonyl (C=O) groups is 2. The van der Waals surface area contributed by atoms with E-state index in [2.05, 4.69) is 20.8 Å². The summed E-state index contributed by atoms with van der Waals surface area (Å²) in [5.74, 6) is 0.565. The van der Waals surface area contributed by atoms with Crippen LogP contribution in [-0.2, 0) is 19.1 Å². The molecule has 0 spiro atoms. The average molecular weight is 398 g/mol. The van der Waals surface area contributed by atoms with Crippen LogP contribution in [0.5, 0.6) is 0 Å². The zero-order chi connectivity index (χ0) is 21.6. The molecule has 0 N–H and O–H groups in total. The Hall–Kier alpha value is -0.940. The Labute approximate surface area is 172 Å². The van der Waals surface area contributed by atoms with Crippen molar-refractivity contribution >= 4 is 11.7 Å². The number of Topliss-reactive ketones (excluding diaryl/α,β-unsaturated/α-hetero) is 1. The van der Waals surface area contributed by atoms with Crippen LogP contribution < -0.4 is 0 Å². The Balaban J connectivity index is 2.77. The van der Waals surface area contributed by atoms with Gasteiger partial charge < -0.3 is 14.4 Å². The molecule has 0 aliphatic carbocycles. The van der Waals surface area contributed by atoms with Gasteiger partial charge in [-0.05, 0) is 45.4 Å². The SMILES string of the molecule is CC(C)OCC1C[C@@H](OC(C)C)CN1C(=O)CC(C)C(C)(C)CC(=O)C(C)C. The first-order valence-corrected chi connectivity index (χ1v) is 10.9. The first-order valence-electron chi connectivity index (χ1n) is 10.9. The van der Waals surface area contributed by atoms with Crippen LogP contribution in [0.4, 0.5) is 0 Å². The van der Waals surface area contributed by atoms with Crippen LogP contribution in [0.1, 0.15) is 81.6 Å². The minimum atomic E-state index is -0.200. The lowest BCUT2D eigenvalue weighted by atomic mass is 9.73. The van der Waals surface area contributed by atoms with Gasteiger partial charge in [-0.15, -0.1) is 0 Å². The normalized spacial score (nSPS) is 21.8. The lowest BCUT2D eigenvalue weighted by Crippen LogP contribution is -2.41. The number of ether oxygens (including phenoxy) is 2. The van der Waals surface area contributed by atoms with Crippen LogP contribution in [0, 0.1) is 17.3 Å². The van der Waals surface area contributed by atoms with E-state index in [9.17, 15) is 9.59 Å². The molecule has 0 aromatic rings. The van der Waals surface area contributed by atoms with E-state index in [-0.39, 0.29) is 53.3 Å². The molecule has 1 aliphatic rings. The predicted octanol–water partition coefficient (Wildman–Crippen LogP) is 4.47. The van der Waals surface area contributed by atoms with Crippen LogP contribution in [0.3, 0.4) is 0 Å². The number of likely N-dealkylation sites (tertiary alicyclic amines) is 1. The molecule has 3 atom stereocenters. The second kappa shape index (κ2) is 10.7. The molecule has 1 aliphatic heterocycles. The molecule has 1 saturated heterocycles. The molecule has 5 nitrogen and oxygen atoms in total. The smallest absolute Gasteiger partial charge is 0.223 e. The number of hydrogen-bond donors (Lipinski definition) is 0. The van der Waals surface area contributed by atoms with Gasteiger partial charge in [0.1, 0.15) is 5.78 Å². The molecule has 5 heteroatoms. The Kier molecular flexibility index (Phi) is 9.61. The molecule has 164 valence electrons. The molecule has 0 saturated carbocycles. The summed E-state index contributed by atoms with van der Waals surface area (Å²) in [6.07, 6.45) is 2.13. The first-order chi connectivity index (χ1) is 12.8. The third kappa shape index (κ3) is 7.82. The van der Waals surface area contributed by atoms with E-state index in [1.54, 1.807) is 0 Å². The number of amides is 1. The largest absolute Gasteiger partial charge is 0.377 e. The van der Waals surface area contributed by atoms with Crippen molar-refractivity contribution in [3.05, 3.63) is 0 Å².